The van der Waals surface area contributed by atoms with Crippen LogP contribution >= 0.6 is 27.5 Å². The van der Waals surface area contributed by atoms with Crippen LogP contribution in [-0.2, 0) is 4.74 Å². The van der Waals surface area contributed by atoms with Crippen molar-refractivity contribution in [2.45, 2.75) is 20.0 Å². The first-order valence-electron chi connectivity index (χ1n) is 4.60. The molecule has 0 saturated carbocycles. The molecule has 1 aromatic rings. The van der Waals surface area contributed by atoms with Crippen molar-refractivity contribution >= 4 is 33.3 Å². The van der Waals surface area contributed by atoms with E-state index in [4.69, 9.17) is 16.3 Å². The Balaban J connectivity index is 2.73. The molecule has 0 atom stereocenters. The van der Waals surface area contributed by atoms with E-state index >= 15 is 0 Å². The number of carbonyl (C=O) groups excluding carboxylic acids is 1. The fourth-order valence-corrected chi connectivity index (χ4v) is 1.90. The molecule has 15 heavy (non-hydrogen) atoms. The normalized spacial score (nSPS) is 10.7. The van der Waals surface area contributed by atoms with Gasteiger partial charge >= 0.3 is 0 Å². The van der Waals surface area contributed by atoms with Crippen LogP contribution in [0.5, 0.6) is 0 Å². The molecule has 1 aromatic carbocycles. The molecule has 82 valence electrons. The van der Waals surface area contributed by atoms with Gasteiger partial charge in [0.2, 0.25) is 0 Å². The summed E-state index contributed by atoms with van der Waals surface area (Å²) in [5, 5.41) is 0.539. The standard InChI is InChI=1S/C11H12BrClO2/c1-7(2)15-6-11(14)8-3-9(12)5-10(13)4-8/h3-5,7H,6H2,1-2H3. The summed E-state index contributed by atoms with van der Waals surface area (Å²) in [5.41, 5.74) is 0.565. The summed E-state index contributed by atoms with van der Waals surface area (Å²) >= 11 is 9.12. The van der Waals surface area contributed by atoms with Crippen molar-refractivity contribution in [2.75, 3.05) is 6.61 Å². The van der Waals surface area contributed by atoms with E-state index in [1.807, 2.05) is 13.8 Å². The fourth-order valence-electron chi connectivity index (χ4n) is 1.04. The van der Waals surface area contributed by atoms with Crippen LogP contribution in [0, 0.1) is 0 Å². The molecule has 0 radical (unpaired) electrons. The number of ketones is 1. The Kier molecular flexibility index (Phi) is 4.77. The second-order valence-electron chi connectivity index (χ2n) is 3.44. The van der Waals surface area contributed by atoms with Crippen molar-refractivity contribution in [3.8, 4) is 0 Å². The number of carbonyl (C=O) groups is 1. The monoisotopic (exact) mass is 290 g/mol. The summed E-state index contributed by atoms with van der Waals surface area (Å²) < 4.78 is 6.02. The van der Waals surface area contributed by atoms with Crippen LogP contribution in [0.25, 0.3) is 0 Å². The topological polar surface area (TPSA) is 26.3 Å². The Labute approximate surface area is 103 Å². The Morgan fingerprint density at radius 3 is 2.67 bits per heavy atom. The highest BCUT2D eigenvalue weighted by Crippen LogP contribution is 2.20. The smallest absolute Gasteiger partial charge is 0.188 e. The van der Waals surface area contributed by atoms with Crippen LogP contribution in [0.15, 0.2) is 22.7 Å². The van der Waals surface area contributed by atoms with E-state index < -0.39 is 0 Å². The summed E-state index contributed by atoms with van der Waals surface area (Å²) in [4.78, 5) is 11.6. The summed E-state index contributed by atoms with van der Waals surface area (Å²) in [7, 11) is 0. The number of benzene rings is 1. The van der Waals surface area contributed by atoms with E-state index in [9.17, 15) is 4.79 Å². The fraction of sp³-hybridized carbons (Fsp3) is 0.364. The molecular weight excluding hydrogens is 279 g/mol. The third-order valence-corrected chi connectivity index (χ3v) is 2.41. The quantitative estimate of drug-likeness (QED) is 0.791. The van der Waals surface area contributed by atoms with E-state index in [1.54, 1.807) is 18.2 Å². The molecule has 1 rings (SSSR count). The molecule has 0 saturated heterocycles. The molecule has 0 N–H and O–H groups in total. The molecule has 0 fully saturated rings. The van der Waals surface area contributed by atoms with Gasteiger partial charge in [-0.3, -0.25) is 4.79 Å². The van der Waals surface area contributed by atoms with Gasteiger partial charge in [-0.1, -0.05) is 27.5 Å². The van der Waals surface area contributed by atoms with E-state index in [0.717, 1.165) is 4.47 Å². The van der Waals surface area contributed by atoms with Gasteiger partial charge in [-0.25, -0.2) is 0 Å². The molecule has 0 amide bonds. The first-order chi connectivity index (χ1) is 6.99. The molecule has 0 aliphatic rings. The lowest BCUT2D eigenvalue weighted by Gasteiger charge is -2.07. The van der Waals surface area contributed by atoms with Gasteiger partial charge in [0.15, 0.2) is 5.78 Å². The third-order valence-electron chi connectivity index (χ3n) is 1.73. The Hall–Kier alpha value is -0.380. The van der Waals surface area contributed by atoms with Crippen molar-refractivity contribution in [1.82, 2.24) is 0 Å². The van der Waals surface area contributed by atoms with E-state index in [-0.39, 0.29) is 18.5 Å². The first kappa shape index (κ1) is 12.7. The van der Waals surface area contributed by atoms with Crippen LogP contribution in [-0.4, -0.2) is 18.5 Å². The van der Waals surface area contributed by atoms with Gasteiger partial charge in [-0.05, 0) is 32.0 Å². The van der Waals surface area contributed by atoms with E-state index in [1.165, 1.54) is 0 Å². The van der Waals surface area contributed by atoms with Gasteiger partial charge in [0, 0.05) is 15.1 Å². The minimum absolute atomic E-state index is 0.0524. The summed E-state index contributed by atoms with van der Waals surface area (Å²) in [6.45, 7) is 3.87. The molecule has 0 aliphatic heterocycles. The number of rotatable bonds is 4. The first-order valence-corrected chi connectivity index (χ1v) is 5.77. The average molecular weight is 292 g/mol. The van der Waals surface area contributed by atoms with Crippen molar-refractivity contribution in [2.24, 2.45) is 0 Å². The molecule has 4 heteroatoms. The van der Waals surface area contributed by atoms with Gasteiger partial charge in [0.05, 0.1) is 6.10 Å². The second kappa shape index (κ2) is 5.64. The van der Waals surface area contributed by atoms with Crippen LogP contribution < -0.4 is 0 Å². The van der Waals surface area contributed by atoms with Crippen molar-refractivity contribution < 1.29 is 9.53 Å². The molecular formula is C11H12BrClO2. The van der Waals surface area contributed by atoms with Gasteiger partial charge in [-0.2, -0.15) is 0 Å². The lowest BCUT2D eigenvalue weighted by Crippen LogP contribution is -2.13. The predicted molar refractivity (Wildman–Crippen MR) is 64.6 cm³/mol. The largest absolute Gasteiger partial charge is 0.371 e. The van der Waals surface area contributed by atoms with Crippen LogP contribution in [0.2, 0.25) is 5.02 Å². The maximum Gasteiger partial charge on any atom is 0.188 e. The lowest BCUT2D eigenvalue weighted by molar-refractivity contribution is 0.0585. The van der Waals surface area contributed by atoms with Crippen LogP contribution in [0.3, 0.4) is 0 Å². The van der Waals surface area contributed by atoms with E-state index in [0.29, 0.717) is 10.6 Å². The van der Waals surface area contributed by atoms with Gasteiger partial charge < -0.3 is 4.74 Å². The molecule has 0 heterocycles. The summed E-state index contributed by atoms with van der Waals surface area (Å²) in [5.74, 6) is -0.0631. The number of Topliss-reactive ketones (excluding diaryl/α,β-unsaturated/α-hetero) is 1. The lowest BCUT2D eigenvalue weighted by atomic mass is 10.1. The van der Waals surface area contributed by atoms with E-state index in [2.05, 4.69) is 15.9 Å². The Morgan fingerprint density at radius 1 is 1.47 bits per heavy atom. The van der Waals surface area contributed by atoms with Crippen LogP contribution in [0.4, 0.5) is 0 Å². The molecule has 2 nitrogen and oxygen atoms in total. The maximum absolute atomic E-state index is 11.6. The molecule has 0 spiro atoms. The minimum Gasteiger partial charge on any atom is -0.371 e. The number of hydrogen-bond donors (Lipinski definition) is 0. The number of hydrogen-bond acceptors (Lipinski definition) is 2. The van der Waals surface area contributed by atoms with Crippen molar-refractivity contribution in [1.29, 1.82) is 0 Å². The molecule has 0 aliphatic carbocycles. The number of halogens is 2. The number of ether oxygens (including phenoxy) is 1. The zero-order valence-electron chi connectivity index (χ0n) is 8.59. The second-order valence-corrected chi connectivity index (χ2v) is 4.79. The van der Waals surface area contributed by atoms with Crippen LogP contribution in [0.1, 0.15) is 24.2 Å². The SMILES string of the molecule is CC(C)OCC(=O)c1cc(Cl)cc(Br)c1. The van der Waals surface area contributed by atoms with Gasteiger partial charge in [0.1, 0.15) is 6.61 Å². The highest BCUT2D eigenvalue weighted by atomic mass is 79.9. The van der Waals surface area contributed by atoms with Crippen molar-refractivity contribution in [3.05, 3.63) is 33.3 Å². The zero-order valence-corrected chi connectivity index (χ0v) is 10.9. The highest BCUT2D eigenvalue weighted by Gasteiger charge is 2.08. The summed E-state index contributed by atoms with van der Waals surface area (Å²) in [6.07, 6.45) is 0.0524. The highest BCUT2D eigenvalue weighted by molar-refractivity contribution is 9.10. The maximum atomic E-state index is 11.6. The Morgan fingerprint density at radius 2 is 2.13 bits per heavy atom. The third kappa shape index (κ3) is 4.33. The zero-order chi connectivity index (χ0) is 11.4. The minimum atomic E-state index is -0.0631. The van der Waals surface area contributed by atoms with Gasteiger partial charge in [-0.15, -0.1) is 0 Å². The molecule has 0 bridgehead atoms. The van der Waals surface area contributed by atoms with Crippen molar-refractivity contribution in [3.63, 3.8) is 0 Å². The average Bonchev–Trinajstić information content (AvgIpc) is 2.12. The molecule has 0 unspecified atom stereocenters. The predicted octanol–water partition coefficient (Wildman–Crippen LogP) is 3.71. The molecule has 0 aromatic heterocycles. The van der Waals surface area contributed by atoms with Gasteiger partial charge in [0.25, 0.3) is 0 Å². The Bertz CT molecular complexity index is 343. The summed E-state index contributed by atoms with van der Waals surface area (Å²) in [6, 6.07) is 5.11.